The average Bonchev–Trinajstić information content (AvgIpc) is 3.10. The Morgan fingerprint density at radius 2 is 2.07 bits per heavy atom. The Morgan fingerprint density at radius 3 is 2.71 bits per heavy atom. The van der Waals surface area contributed by atoms with Crippen LogP contribution in [-0.4, -0.2) is 76.8 Å². The zero-order chi connectivity index (χ0) is 20.1. The fraction of sp³-hybridized carbons (Fsp3) is 0.571. The number of aromatic amines is 1. The lowest BCUT2D eigenvalue weighted by molar-refractivity contribution is -0.205. The number of carbonyl (C=O) groups is 1. The van der Waals surface area contributed by atoms with Gasteiger partial charge in [-0.25, -0.2) is 4.39 Å². The van der Waals surface area contributed by atoms with E-state index in [2.05, 4.69) is 9.88 Å². The first-order valence-electron chi connectivity index (χ1n) is 9.80. The molecular formula is C21H28FN3O3. The molecule has 0 radical (unpaired) electrons. The van der Waals surface area contributed by atoms with Gasteiger partial charge >= 0.3 is 0 Å². The summed E-state index contributed by atoms with van der Waals surface area (Å²) in [4.78, 5) is 19.7. The number of aromatic nitrogens is 1. The molecule has 2 fully saturated rings. The topological polar surface area (TPSA) is 68.8 Å². The summed E-state index contributed by atoms with van der Waals surface area (Å²) in [5.74, 6) is -0.469. The summed E-state index contributed by atoms with van der Waals surface area (Å²) in [5.41, 5.74) is -0.405. The Kier molecular flexibility index (Phi) is 4.72. The van der Waals surface area contributed by atoms with E-state index in [9.17, 15) is 14.3 Å². The van der Waals surface area contributed by atoms with Crippen molar-refractivity contribution in [3.63, 3.8) is 0 Å². The predicted molar refractivity (Wildman–Crippen MR) is 105 cm³/mol. The molecule has 0 bridgehead atoms. The number of likely N-dealkylation sites (N-methyl/N-ethyl adjacent to an activating group) is 1. The van der Waals surface area contributed by atoms with Crippen LogP contribution >= 0.6 is 0 Å². The molecule has 2 aliphatic heterocycles. The third kappa shape index (κ3) is 3.32. The standard InChI is InChI=1S/C21H28FN3O3/c1-20(27)13-28-21(12-17(20)24(2)3)7-9-25(10-8-21)19(26)16-11-14-5-4-6-15(22)18(14)23-16/h4-6,11,17,23,27H,7-10,12-13H2,1-3H3/t17-,20-/m0/s1. The van der Waals surface area contributed by atoms with E-state index in [0.29, 0.717) is 36.3 Å². The molecule has 1 aromatic carbocycles. The number of benzene rings is 1. The third-order valence-corrected chi connectivity index (χ3v) is 6.37. The summed E-state index contributed by atoms with van der Waals surface area (Å²) in [6.07, 6.45) is 2.20. The molecule has 1 aromatic heterocycles. The molecule has 6 nitrogen and oxygen atoms in total. The number of fused-ring (bicyclic) bond motifs is 1. The monoisotopic (exact) mass is 389 g/mol. The number of likely N-dealkylation sites (tertiary alicyclic amines) is 1. The summed E-state index contributed by atoms with van der Waals surface area (Å²) in [6.45, 7) is 3.28. The Balaban J connectivity index is 1.46. The van der Waals surface area contributed by atoms with Crippen LogP contribution in [0.5, 0.6) is 0 Å². The molecular weight excluding hydrogens is 361 g/mol. The average molecular weight is 389 g/mol. The predicted octanol–water partition coefficient (Wildman–Crippen LogP) is 2.38. The van der Waals surface area contributed by atoms with Crippen LogP contribution in [0.1, 0.15) is 36.7 Å². The second-order valence-corrected chi connectivity index (χ2v) is 8.69. The lowest BCUT2D eigenvalue weighted by Crippen LogP contribution is -2.63. The maximum absolute atomic E-state index is 13.9. The van der Waals surface area contributed by atoms with Gasteiger partial charge in [-0.3, -0.25) is 4.79 Å². The second-order valence-electron chi connectivity index (χ2n) is 8.69. The second kappa shape index (κ2) is 6.83. The van der Waals surface area contributed by atoms with Gasteiger partial charge in [0.1, 0.15) is 17.1 Å². The molecule has 2 N–H and O–H groups in total. The number of ether oxygens (including phenoxy) is 1. The summed E-state index contributed by atoms with van der Waals surface area (Å²) < 4.78 is 20.0. The number of para-hydroxylation sites is 1. The molecule has 2 saturated heterocycles. The van der Waals surface area contributed by atoms with E-state index >= 15 is 0 Å². The molecule has 2 aromatic rings. The SMILES string of the molecule is CN(C)[C@H]1CC2(CCN(C(=O)c3cc4cccc(F)c4[nH]3)CC2)OC[C@]1(C)O. The highest BCUT2D eigenvalue weighted by atomic mass is 19.1. The smallest absolute Gasteiger partial charge is 0.270 e. The van der Waals surface area contributed by atoms with Crippen LogP contribution in [0.15, 0.2) is 24.3 Å². The van der Waals surface area contributed by atoms with Gasteiger partial charge in [0.05, 0.1) is 17.7 Å². The zero-order valence-electron chi connectivity index (χ0n) is 16.7. The number of halogens is 1. The van der Waals surface area contributed by atoms with Crippen molar-refractivity contribution in [1.29, 1.82) is 0 Å². The Morgan fingerprint density at radius 1 is 1.36 bits per heavy atom. The Bertz CT molecular complexity index is 884. The van der Waals surface area contributed by atoms with Crippen LogP contribution < -0.4 is 0 Å². The highest BCUT2D eigenvalue weighted by molar-refractivity contribution is 5.98. The van der Waals surface area contributed by atoms with Crippen LogP contribution in [0.25, 0.3) is 10.9 Å². The van der Waals surface area contributed by atoms with Crippen LogP contribution in [0.4, 0.5) is 4.39 Å². The van der Waals surface area contributed by atoms with E-state index in [1.165, 1.54) is 6.07 Å². The number of amides is 1. The minimum Gasteiger partial charge on any atom is -0.386 e. The van der Waals surface area contributed by atoms with Crippen molar-refractivity contribution in [2.45, 2.75) is 43.4 Å². The van der Waals surface area contributed by atoms with E-state index in [0.717, 1.165) is 19.3 Å². The summed E-state index contributed by atoms with van der Waals surface area (Å²) in [6, 6.07) is 6.54. The normalized spacial score (nSPS) is 27.6. The fourth-order valence-corrected chi connectivity index (χ4v) is 4.64. The van der Waals surface area contributed by atoms with Crippen molar-refractivity contribution < 1.29 is 19.0 Å². The molecule has 1 spiro atoms. The number of piperidine rings is 1. The number of rotatable bonds is 2. The zero-order valence-corrected chi connectivity index (χ0v) is 16.7. The van der Waals surface area contributed by atoms with E-state index in [1.54, 1.807) is 23.1 Å². The quantitative estimate of drug-likeness (QED) is 0.828. The van der Waals surface area contributed by atoms with Crippen LogP contribution in [-0.2, 0) is 4.74 Å². The number of H-pyrrole nitrogens is 1. The minimum absolute atomic E-state index is 0.0141. The van der Waals surface area contributed by atoms with Gasteiger partial charge in [0.25, 0.3) is 5.91 Å². The van der Waals surface area contributed by atoms with Crippen molar-refractivity contribution in [2.75, 3.05) is 33.8 Å². The molecule has 2 atom stereocenters. The molecule has 4 rings (SSSR count). The van der Waals surface area contributed by atoms with Crippen LogP contribution in [0.2, 0.25) is 0 Å². The summed E-state index contributed by atoms with van der Waals surface area (Å²) >= 11 is 0. The molecule has 28 heavy (non-hydrogen) atoms. The van der Waals surface area contributed by atoms with Gasteiger partial charge in [-0.15, -0.1) is 0 Å². The van der Waals surface area contributed by atoms with Crippen LogP contribution in [0, 0.1) is 5.82 Å². The molecule has 2 aliphatic rings. The maximum atomic E-state index is 13.9. The van der Waals surface area contributed by atoms with E-state index in [-0.39, 0.29) is 23.4 Å². The number of nitrogens with zero attached hydrogens (tertiary/aromatic N) is 2. The van der Waals surface area contributed by atoms with Crippen molar-refractivity contribution >= 4 is 16.8 Å². The third-order valence-electron chi connectivity index (χ3n) is 6.37. The van der Waals surface area contributed by atoms with E-state index < -0.39 is 5.60 Å². The van der Waals surface area contributed by atoms with Gasteiger partial charge in [0.2, 0.25) is 0 Å². The fourth-order valence-electron chi connectivity index (χ4n) is 4.64. The number of aliphatic hydroxyl groups is 1. The van der Waals surface area contributed by atoms with E-state index in [1.807, 2.05) is 21.0 Å². The van der Waals surface area contributed by atoms with Gasteiger partial charge in [0.15, 0.2) is 0 Å². The van der Waals surface area contributed by atoms with Gasteiger partial charge < -0.3 is 24.6 Å². The Hall–Kier alpha value is -1.96. The molecule has 3 heterocycles. The molecule has 1 amide bonds. The molecule has 0 saturated carbocycles. The lowest BCUT2D eigenvalue weighted by Gasteiger charge is -2.52. The Labute approximate surface area is 164 Å². The largest absolute Gasteiger partial charge is 0.386 e. The minimum atomic E-state index is -0.879. The summed E-state index contributed by atoms with van der Waals surface area (Å²) in [5, 5.41) is 11.3. The number of hydrogen-bond acceptors (Lipinski definition) is 4. The van der Waals surface area contributed by atoms with E-state index in [4.69, 9.17) is 4.74 Å². The number of carbonyl (C=O) groups excluding carboxylic acids is 1. The number of hydrogen-bond donors (Lipinski definition) is 2. The highest BCUT2D eigenvalue weighted by Crippen LogP contribution is 2.40. The van der Waals surface area contributed by atoms with Crippen molar-refractivity contribution in [1.82, 2.24) is 14.8 Å². The van der Waals surface area contributed by atoms with Gasteiger partial charge in [-0.05, 0) is 52.4 Å². The highest BCUT2D eigenvalue weighted by Gasteiger charge is 2.49. The molecule has 7 heteroatoms. The summed E-state index contributed by atoms with van der Waals surface area (Å²) in [7, 11) is 3.96. The van der Waals surface area contributed by atoms with Crippen LogP contribution in [0.3, 0.4) is 0 Å². The molecule has 0 unspecified atom stereocenters. The van der Waals surface area contributed by atoms with Gasteiger partial charge in [-0.2, -0.15) is 0 Å². The van der Waals surface area contributed by atoms with Crippen molar-refractivity contribution in [3.05, 3.63) is 35.8 Å². The number of nitrogens with one attached hydrogen (secondary N) is 1. The first-order valence-corrected chi connectivity index (χ1v) is 9.80. The molecule has 0 aliphatic carbocycles. The maximum Gasteiger partial charge on any atom is 0.270 e. The van der Waals surface area contributed by atoms with Gasteiger partial charge in [0, 0.05) is 24.5 Å². The van der Waals surface area contributed by atoms with Crippen molar-refractivity contribution in [3.8, 4) is 0 Å². The van der Waals surface area contributed by atoms with Crippen molar-refractivity contribution in [2.24, 2.45) is 0 Å². The van der Waals surface area contributed by atoms with Gasteiger partial charge in [-0.1, -0.05) is 12.1 Å². The first-order chi connectivity index (χ1) is 13.2. The molecule has 152 valence electrons. The first kappa shape index (κ1) is 19.4. The lowest BCUT2D eigenvalue weighted by atomic mass is 9.77.